The van der Waals surface area contributed by atoms with E-state index in [1.54, 1.807) is 13.2 Å². The third-order valence-corrected chi connectivity index (χ3v) is 3.73. The van der Waals surface area contributed by atoms with E-state index >= 15 is 0 Å². The van der Waals surface area contributed by atoms with E-state index in [2.05, 4.69) is 5.32 Å². The Hall–Kier alpha value is -1.43. The largest absolute Gasteiger partial charge is 0.384 e. The second-order valence-electron chi connectivity index (χ2n) is 4.00. The smallest absolute Gasteiger partial charge is 0.271 e. The van der Waals surface area contributed by atoms with Crippen LogP contribution in [0.4, 0.5) is 11.4 Å². The summed E-state index contributed by atoms with van der Waals surface area (Å²) in [7, 11) is -0.900. The van der Waals surface area contributed by atoms with E-state index in [4.69, 9.17) is 0 Å². The molecule has 17 heavy (non-hydrogen) atoms. The Morgan fingerprint density at radius 2 is 2.12 bits per heavy atom. The summed E-state index contributed by atoms with van der Waals surface area (Å²) in [5.74, 6) is 0. The molecule has 0 bridgehead atoms. The van der Waals surface area contributed by atoms with E-state index < -0.39 is 15.7 Å². The SMILES string of the molecule is Cc1cc(NCC(C)S(C)=O)cc([N+](=O)[O-])c1. The molecule has 1 aromatic rings. The Bertz CT molecular complexity index is 448. The summed E-state index contributed by atoms with van der Waals surface area (Å²) in [6.07, 6.45) is 1.64. The number of aryl methyl sites for hydroxylation is 1. The third-order valence-electron chi connectivity index (χ3n) is 2.43. The summed E-state index contributed by atoms with van der Waals surface area (Å²) >= 11 is 0. The number of hydrogen-bond donors (Lipinski definition) is 1. The van der Waals surface area contributed by atoms with Crippen LogP contribution >= 0.6 is 0 Å². The van der Waals surface area contributed by atoms with Crippen molar-refractivity contribution in [1.82, 2.24) is 0 Å². The van der Waals surface area contributed by atoms with E-state index in [0.29, 0.717) is 12.2 Å². The van der Waals surface area contributed by atoms with Gasteiger partial charge < -0.3 is 5.32 Å². The molecule has 0 aliphatic carbocycles. The number of nitrogens with zero attached hydrogens (tertiary/aromatic N) is 1. The number of hydrogen-bond acceptors (Lipinski definition) is 4. The van der Waals surface area contributed by atoms with Crippen molar-refractivity contribution in [3.8, 4) is 0 Å². The van der Waals surface area contributed by atoms with Crippen LogP contribution in [0.5, 0.6) is 0 Å². The fraction of sp³-hybridized carbons (Fsp3) is 0.455. The van der Waals surface area contributed by atoms with Crippen LogP contribution < -0.4 is 5.32 Å². The number of non-ortho nitro benzene ring substituents is 1. The highest BCUT2D eigenvalue weighted by molar-refractivity contribution is 7.84. The summed E-state index contributed by atoms with van der Waals surface area (Å²) in [6.45, 7) is 4.20. The van der Waals surface area contributed by atoms with Crippen LogP contribution in [-0.4, -0.2) is 27.2 Å². The Kier molecular flexibility index (Phi) is 4.62. The van der Waals surface area contributed by atoms with Crippen molar-refractivity contribution in [2.24, 2.45) is 0 Å². The maximum absolute atomic E-state index is 11.2. The molecule has 5 nitrogen and oxygen atoms in total. The summed E-state index contributed by atoms with van der Waals surface area (Å²) < 4.78 is 11.2. The first-order chi connectivity index (χ1) is 7.90. The average molecular weight is 256 g/mol. The zero-order chi connectivity index (χ0) is 13.0. The van der Waals surface area contributed by atoms with E-state index in [1.165, 1.54) is 12.1 Å². The number of nitro groups is 1. The minimum absolute atomic E-state index is 0.00886. The fourth-order valence-electron chi connectivity index (χ4n) is 1.35. The van der Waals surface area contributed by atoms with Crippen LogP contribution in [0.25, 0.3) is 0 Å². The lowest BCUT2D eigenvalue weighted by Crippen LogP contribution is -2.20. The summed E-state index contributed by atoms with van der Waals surface area (Å²) in [5, 5.41) is 13.8. The van der Waals surface area contributed by atoms with Gasteiger partial charge in [-0.05, 0) is 25.5 Å². The lowest BCUT2D eigenvalue weighted by atomic mass is 10.2. The molecule has 0 spiro atoms. The average Bonchev–Trinajstić information content (AvgIpc) is 2.24. The van der Waals surface area contributed by atoms with Gasteiger partial charge in [-0.3, -0.25) is 14.3 Å². The van der Waals surface area contributed by atoms with Crippen molar-refractivity contribution < 1.29 is 9.13 Å². The van der Waals surface area contributed by atoms with Crippen LogP contribution in [-0.2, 0) is 10.8 Å². The Morgan fingerprint density at radius 3 is 2.65 bits per heavy atom. The second kappa shape index (κ2) is 5.77. The quantitative estimate of drug-likeness (QED) is 0.646. The van der Waals surface area contributed by atoms with Gasteiger partial charge in [0.15, 0.2) is 0 Å². The molecule has 1 N–H and O–H groups in total. The summed E-state index contributed by atoms with van der Waals surface area (Å²) in [5.41, 5.74) is 1.58. The van der Waals surface area contributed by atoms with Gasteiger partial charge in [-0.2, -0.15) is 0 Å². The van der Waals surface area contributed by atoms with Gasteiger partial charge in [-0.25, -0.2) is 0 Å². The maximum atomic E-state index is 11.2. The second-order valence-corrected chi connectivity index (χ2v) is 5.81. The molecule has 6 heteroatoms. The normalized spacial score (nSPS) is 14.1. The van der Waals surface area contributed by atoms with Crippen molar-refractivity contribution in [3.63, 3.8) is 0 Å². The molecule has 0 fully saturated rings. The van der Waals surface area contributed by atoms with Gasteiger partial charge in [0.05, 0.1) is 4.92 Å². The van der Waals surface area contributed by atoms with Crippen molar-refractivity contribution in [1.29, 1.82) is 0 Å². The lowest BCUT2D eigenvalue weighted by Gasteiger charge is -2.11. The van der Waals surface area contributed by atoms with Crippen LogP contribution in [0.2, 0.25) is 0 Å². The van der Waals surface area contributed by atoms with Gasteiger partial charge >= 0.3 is 0 Å². The molecule has 94 valence electrons. The lowest BCUT2D eigenvalue weighted by molar-refractivity contribution is -0.384. The van der Waals surface area contributed by atoms with Crippen LogP contribution in [0.15, 0.2) is 18.2 Å². The highest BCUT2D eigenvalue weighted by Crippen LogP contribution is 2.20. The van der Waals surface area contributed by atoms with Gasteiger partial charge in [-0.15, -0.1) is 0 Å². The zero-order valence-corrected chi connectivity index (χ0v) is 10.9. The minimum Gasteiger partial charge on any atom is -0.384 e. The number of rotatable bonds is 5. The van der Waals surface area contributed by atoms with Crippen molar-refractivity contribution >= 4 is 22.2 Å². The molecule has 2 unspecified atom stereocenters. The molecule has 1 rings (SSSR count). The first kappa shape index (κ1) is 13.6. The molecular weight excluding hydrogens is 240 g/mol. The third kappa shape index (κ3) is 4.14. The Balaban J connectivity index is 2.78. The van der Waals surface area contributed by atoms with Crippen LogP contribution in [0.1, 0.15) is 12.5 Å². The Labute approximate surface area is 103 Å². The molecule has 0 saturated heterocycles. The summed E-state index contributed by atoms with van der Waals surface area (Å²) in [4.78, 5) is 10.3. The summed E-state index contributed by atoms with van der Waals surface area (Å²) in [6, 6.07) is 4.84. The van der Waals surface area contributed by atoms with E-state index in [0.717, 1.165) is 5.56 Å². The first-order valence-electron chi connectivity index (χ1n) is 5.22. The number of anilines is 1. The molecule has 0 saturated carbocycles. The minimum atomic E-state index is -0.900. The van der Waals surface area contributed by atoms with E-state index in [9.17, 15) is 14.3 Å². The molecule has 1 aromatic carbocycles. The molecule has 0 aliphatic heterocycles. The molecule has 0 amide bonds. The maximum Gasteiger partial charge on any atom is 0.271 e. The van der Waals surface area contributed by atoms with Crippen LogP contribution in [0.3, 0.4) is 0 Å². The number of nitrogens with one attached hydrogen (secondary N) is 1. The highest BCUT2D eigenvalue weighted by Gasteiger charge is 2.10. The molecular formula is C11H16N2O3S. The van der Waals surface area contributed by atoms with E-state index in [-0.39, 0.29) is 10.9 Å². The standard InChI is InChI=1S/C11H16N2O3S/c1-8-4-10(6-11(5-8)13(14)15)12-7-9(2)17(3)16/h4-6,9,12H,7H2,1-3H3. The predicted octanol–water partition coefficient (Wildman–Crippen LogP) is 2.08. The van der Waals surface area contributed by atoms with E-state index in [1.807, 2.05) is 13.0 Å². The first-order valence-corrected chi connectivity index (χ1v) is 6.84. The monoisotopic (exact) mass is 256 g/mol. The molecule has 0 aliphatic rings. The molecule has 0 aromatic heterocycles. The zero-order valence-electron chi connectivity index (χ0n) is 10.1. The number of benzene rings is 1. The van der Waals surface area contributed by atoms with Crippen molar-refractivity contribution in [3.05, 3.63) is 33.9 Å². The van der Waals surface area contributed by atoms with Gasteiger partial charge in [0.2, 0.25) is 0 Å². The van der Waals surface area contributed by atoms with Crippen LogP contribution in [0, 0.1) is 17.0 Å². The van der Waals surface area contributed by atoms with Gasteiger partial charge in [0.1, 0.15) is 0 Å². The molecule has 2 atom stereocenters. The molecule has 0 heterocycles. The van der Waals surface area contributed by atoms with Crippen molar-refractivity contribution in [2.45, 2.75) is 19.1 Å². The molecule has 0 radical (unpaired) electrons. The van der Waals surface area contributed by atoms with Gasteiger partial charge in [-0.1, -0.05) is 0 Å². The number of nitro benzene ring substituents is 1. The highest BCUT2D eigenvalue weighted by atomic mass is 32.2. The van der Waals surface area contributed by atoms with Crippen molar-refractivity contribution in [2.75, 3.05) is 18.1 Å². The fourth-order valence-corrected chi connectivity index (χ4v) is 1.67. The topological polar surface area (TPSA) is 72.2 Å². The predicted molar refractivity (Wildman–Crippen MR) is 69.9 cm³/mol. The van der Waals surface area contributed by atoms with Gasteiger partial charge in [0, 0.05) is 46.7 Å². The Morgan fingerprint density at radius 1 is 1.47 bits per heavy atom. The van der Waals surface area contributed by atoms with Gasteiger partial charge in [0.25, 0.3) is 5.69 Å².